The molecule has 0 saturated carbocycles. The Morgan fingerprint density at radius 3 is 2.56 bits per heavy atom. The van der Waals surface area contributed by atoms with Crippen molar-refractivity contribution in [1.29, 1.82) is 0 Å². The summed E-state index contributed by atoms with van der Waals surface area (Å²) in [6, 6.07) is 5.94. The van der Waals surface area contributed by atoms with Gasteiger partial charge in [-0.3, -0.25) is 0 Å². The van der Waals surface area contributed by atoms with Gasteiger partial charge in [-0.05, 0) is 24.6 Å². The van der Waals surface area contributed by atoms with E-state index in [2.05, 4.69) is 20.7 Å². The number of aryl methyl sites for hydroxylation is 1. The fraction of sp³-hybridized carbons (Fsp3) is 0.100. The van der Waals surface area contributed by atoms with Crippen LogP contribution < -0.4 is 23.7 Å². The Morgan fingerprint density at radius 1 is 1.33 bits per heavy atom. The number of nitrogens with one attached hydrogen (secondary N) is 1. The first kappa shape index (κ1) is 13.9. The highest BCUT2D eigenvalue weighted by molar-refractivity contribution is 5.79. The zero-order chi connectivity index (χ0) is 12.3. The Bertz CT molecular complexity index is 536. The normalized spacial score (nSPS) is 10.3. The van der Waals surface area contributed by atoms with Gasteiger partial charge in [0.25, 0.3) is 5.95 Å². The lowest BCUT2D eigenvalue weighted by molar-refractivity contribution is -0.00000430. The quantitative estimate of drug-likeness (QED) is 0.380. The van der Waals surface area contributed by atoms with E-state index in [0.29, 0.717) is 11.8 Å². The molecule has 0 fully saturated rings. The fourth-order valence-electron chi connectivity index (χ4n) is 1.16. The van der Waals surface area contributed by atoms with Crippen LogP contribution in [0.15, 0.2) is 29.4 Å². The molecule has 0 aliphatic carbocycles. The Hall–Kier alpha value is -2.15. The van der Waals surface area contributed by atoms with Gasteiger partial charge in [-0.1, -0.05) is 12.1 Å². The lowest BCUT2D eigenvalue weighted by Crippen LogP contribution is -3.00. The summed E-state index contributed by atoms with van der Waals surface area (Å²) in [6.07, 6.45) is 1.53. The SMILES string of the molecule is Cc1nnc(N/N=C/c2ccc(F)cc2)n1N.[Cl-]. The second-order valence-corrected chi connectivity index (χ2v) is 3.36. The zero-order valence-electron chi connectivity index (χ0n) is 9.51. The molecule has 3 N–H and O–H groups in total. The van der Waals surface area contributed by atoms with Gasteiger partial charge in [0.2, 0.25) is 0 Å². The minimum atomic E-state index is -0.285. The molecular formula is C10H11ClFN6-. The lowest BCUT2D eigenvalue weighted by atomic mass is 10.2. The van der Waals surface area contributed by atoms with Crippen LogP contribution in [-0.2, 0) is 0 Å². The molecule has 18 heavy (non-hydrogen) atoms. The van der Waals surface area contributed by atoms with Crippen molar-refractivity contribution in [1.82, 2.24) is 14.9 Å². The molecule has 0 atom stereocenters. The van der Waals surface area contributed by atoms with Crippen LogP contribution in [0.3, 0.4) is 0 Å². The number of benzene rings is 1. The van der Waals surface area contributed by atoms with Crippen molar-refractivity contribution in [3.63, 3.8) is 0 Å². The molecule has 0 radical (unpaired) electrons. The summed E-state index contributed by atoms with van der Waals surface area (Å²) in [7, 11) is 0. The van der Waals surface area contributed by atoms with Crippen molar-refractivity contribution in [2.45, 2.75) is 6.92 Å². The van der Waals surface area contributed by atoms with E-state index in [0.717, 1.165) is 5.56 Å². The maximum Gasteiger partial charge on any atom is 0.263 e. The number of nitrogens with two attached hydrogens (primary N) is 1. The van der Waals surface area contributed by atoms with E-state index >= 15 is 0 Å². The topological polar surface area (TPSA) is 81.1 Å². The van der Waals surface area contributed by atoms with Crippen molar-refractivity contribution < 1.29 is 16.8 Å². The number of hydrogen-bond acceptors (Lipinski definition) is 5. The molecule has 0 saturated heterocycles. The summed E-state index contributed by atoms with van der Waals surface area (Å²) >= 11 is 0. The number of halogens is 2. The summed E-state index contributed by atoms with van der Waals surface area (Å²) in [5.41, 5.74) is 3.40. The van der Waals surface area contributed by atoms with Crippen LogP contribution in [0.25, 0.3) is 0 Å². The predicted molar refractivity (Wildman–Crippen MR) is 62.5 cm³/mol. The standard InChI is InChI=1S/C10H11FN6.ClH/c1-7-14-16-10(17(7)12)15-13-6-8-2-4-9(11)5-3-8;/h2-6H,12H2,1H3,(H,15,16);1H/p-1/b13-6+;. The van der Waals surface area contributed by atoms with Crippen molar-refractivity contribution in [3.8, 4) is 0 Å². The fourth-order valence-corrected chi connectivity index (χ4v) is 1.16. The number of rotatable bonds is 3. The number of aromatic nitrogens is 3. The van der Waals surface area contributed by atoms with Gasteiger partial charge >= 0.3 is 0 Å². The lowest BCUT2D eigenvalue weighted by Gasteiger charge is -1.99. The molecule has 0 unspecified atom stereocenters. The molecule has 1 heterocycles. The highest BCUT2D eigenvalue weighted by atomic mass is 35.5. The van der Waals surface area contributed by atoms with E-state index in [1.165, 1.54) is 23.0 Å². The van der Waals surface area contributed by atoms with Crippen molar-refractivity contribution in [2.24, 2.45) is 5.10 Å². The first-order valence-corrected chi connectivity index (χ1v) is 4.88. The molecule has 0 spiro atoms. The number of hydrogen-bond donors (Lipinski definition) is 2. The van der Waals surface area contributed by atoms with E-state index in [-0.39, 0.29) is 18.2 Å². The molecule has 8 heteroatoms. The van der Waals surface area contributed by atoms with E-state index < -0.39 is 0 Å². The van der Waals surface area contributed by atoms with Gasteiger partial charge in [-0.2, -0.15) is 5.10 Å². The maximum absolute atomic E-state index is 12.6. The second kappa shape index (κ2) is 5.97. The van der Waals surface area contributed by atoms with Crippen LogP contribution >= 0.6 is 0 Å². The third-order valence-electron chi connectivity index (χ3n) is 2.11. The molecule has 1 aromatic heterocycles. The molecule has 0 aliphatic heterocycles. The minimum absolute atomic E-state index is 0. The summed E-state index contributed by atoms with van der Waals surface area (Å²) in [6.45, 7) is 1.72. The Balaban J connectivity index is 0.00000162. The summed E-state index contributed by atoms with van der Waals surface area (Å²) in [5.74, 6) is 6.23. The van der Waals surface area contributed by atoms with Gasteiger partial charge in [-0.25, -0.2) is 14.5 Å². The average Bonchev–Trinajstić information content (AvgIpc) is 2.64. The molecule has 0 aliphatic rings. The number of anilines is 1. The first-order chi connectivity index (χ1) is 8.16. The maximum atomic E-state index is 12.6. The molecule has 1 aromatic carbocycles. The highest BCUT2D eigenvalue weighted by Crippen LogP contribution is 2.02. The van der Waals surface area contributed by atoms with Gasteiger partial charge in [0, 0.05) is 0 Å². The minimum Gasteiger partial charge on any atom is -1.00 e. The van der Waals surface area contributed by atoms with Crippen molar-refractivity contribution in [3.05, 3.63) is 41.5 Å². The van der Waals surface area contributed by atoms with Crippen LogP contribution in [0.2, 0.25) is 0 Å². The number of nitrogen functional groups attached to an aromatic ring is 1. The Kier molecular flexibility index (Phi) is 4.61. The average molecular weight is 270 g/mol. The monoisotopic (exact) mass is 269 g/mol. The number of hydrazone groups is 1. The predicted octanol–water partition coefficient (Wildman–Crippen LogP) is -2.11. The van der Waals surface area contributed by atoms with Gasteiger partial charge in [0.05, 0.1) is 6.21 Å². The van der Waals surface area contributed by atoms with Crippen molar-refractivity contribution >= 4 is 12.2 Å². The molecule has 6 nitrogen and oxygen atoms in total. The molecule has 2 aromatic rings. The highest BCUT2D eigenvalue weighted by Gasteiger charge is 2.02. The molecular weight excluding hydrogens is 259 g/mol. The van der Waals surface area contributed by atoms with Crippen LogP contribution in [0.1, 0.15) is 11.4 Å². The number of nitrogens with zero attached hydrogens (tertiary/aromatic N) is 4. The largest absolute Gasteiger partial charge is 1.00 e. The van der Waals surface area contributed by atoms with Crippen LogP contribution in [-0.4, -0.2) is 21.1 Å². The summed E-state index contributed by atoms with van der Waals surface area (Å²) in [4.78, 5) is 0. The van der Waals surface area contributed by atoms with E-state index in [4.69, 9.17) is 5.84 Å². The van der Waals surface area contributed by atoms with Crippen LogP contribution in [0.4, 0.5) is 10.3 Å². The van der Waals surface area contributed by atoms with Crippen LogP contribution in [0.5, 0.6) is 0 Å². The third kappa shape index (κ3) is 3.17. The smallest absolute Gasteiger partial charge is 0.263 e. The summed E-state index contributed by atoms with van der Waals surface area (Å²) in [5, 5.41) is 11.4. The molecule has 0 amide bonds. The zero-order valence-corrected chi connectivity index (χ0v) is 10.3. The third-order valence-corrected chi connectivity index (χ3v) is 2.11. The summed E-state index contributed by atoms with van der Waals surface area (Å²) < 4.78 is 13.9. The van der Waals surface area contributed by atoms with Gasteiger partial charge < -0.3 is 18.2 Å². The van der Waals surface area contributed by atoms with E-state index in [1.54, 1.807) is 19.1 Å². The van der Waals surface area contributed by atoms with Gasteiger partial charge in [0.1, 0.15) is 5.82 Å². The molecule has 2 rings (SSSR count). The van der Waals surface area contributed by atoms with Crippen molar-refractivity contribution in [2.75, 3.05) is 11.3 Å². The second-order valence-electron chi connectivity index (χ2n) is 3.36. The van der Waals surface area contributed by atoms with Crippen LogP contribution in [0, 0.1) is 12.7 Å². The van der Waals surface area contributed by atoms with Gasteiger partial charge in [-0.15, -0.1) is 10.2 Å². The van der Waals surface area contributed by atoms with E-state index in [9.17, 15) is 4.39 Å². The molecule has 96 valence electrons. The molecule has 0 bridgehead atoms. The van der Waals surface area contributed by atoms with E-state index in [1.807, 2.05) is 0 Å². The first-order valence-electron chi connectivity index (χ1n) is 4.88. The van der Waals surface area contributed by atoms with Gasteiger partial charge in [0.15, 0.2) is 5.82 Å². The Morgan fingerprint density at radius 2 is 2.00 bits per heavy atom. The Labute approximate surface area is 109 Å².